The average Bonchev–Trinajstić information content (AvgIpc) is 2.62. The predicted octanol–water partition coefficient (Wildman–Crippen LogP) is 4.63. The van der Waals surface area contributed by atoms with Crippen LogP contribution in [0.3, 0.4) is 0 Å². The molecule has 0 atom stereocenters. The fourth-order valence-corrected chi connectivity index (χ4v) is 2.38. The van der Waals surface area contributed by atoms with Crippen LogP contribution in [0.4, 0.5) is 8.78 Å². The molecule has 0 saturated heterocycles. The fraction of sp³-hybridized carbons (Fsp3) is 0.0667. The molecule has 17 heavy (non-hydrogen) atoms. The Bertz CT molecular complexity index is 635. The van der Waals surface area contributed by atoms with Gasteiger partial charge in [-0.05, 0) is 29.2 Å². The Hall–Kier alpha value is -1.96. The molecule has 2 heteroatoms. The molecule has 0 unspecified atom stereocenters. The third kappa shape index (κ3) is 1.41. The number of hydrogen-bond donors (Lipinski definition) is 0. The molecule has 3 rings (SSSR count). The first-order valence-electron chi connectivity index (χ1n) is 5.44. The summed E-state index contributed by atoms with van der Waals surface area (Å²) < 4.78 is 26.2. The van der Waals surface area contributed by atoms with Crippen molar-refractivity contribution in [2.45, 2.75) is 6.92 Å². The van der Waals surface area contributed by atoms with Gasteiger partial charge in [-0.25, -0.2) is 0 Å². The van der Waals surface area contributed by atoms with Gasteiger partial charge in [0.25, 0.3) is 6.08 Å². The van der Waals surface area contributed by atoms with E-state index >= 15 is 0 Å². The molecule has 1 aliphatic carbocycles. The van der Waals surface area contributed by atoms with Crippen LogP contribution in [0.1, 0.15) is 16.7 Å². The van der Waals surface area contributed by atoms with Crippen LogP contribution in [-0.4, -0.2) is 0 Å². The van der Waals surface area contributed by atoms with E-state index < -0.39 is 6.08 Å². The van der Waals surface area contributed by atoms with Gasteiger partial charge in [-0.1, -0.05) is 48.0 Å². The molecule has 0 spiro atoms. The van der Waals surface area contributed by atoms with E-state index in [0.717, 1.165) is 16.7 Å². The number of aryl methyl sites for hydroxylation is 1. The topological polar surface area (TPSA) is 0 Å². The fourth-order valence-electron chi connectivity index (χ4n) is 2.38. The molecule has 1 aliphatic rings. The van der Waals surface area contributed by atoms with Crippen molar-refractivity contribution in [2.75, 3.05) is 0 Å². The highest BCUT2D eigenvalue weighted by atomic mass is 19.3. The Morgan fingerprint density at radius 1 is 0.824 bits per heavy atom. The van der Waals surface area contributed by atoms with Gasteiger partial charge in [0.15, 0.2) is 0 Å². The first kappa shape index (κ1) is 10.2. The van der Waals surface area contributed by atoms with Crippen molar-refractivity contribution >= 4 is 5.57 Å². The lowest BCUT2D eigenvalue weighted by Crippen LogP contribution is -1.83. The van der Waals surface area contributed by atoms with E-state index in [1.54, 1.807) is 12.1 Å². The maximum Gasteiger partial charge on any atom is 0.278 e. The van der Waals surface area contributed by atoms with E-state index in [4.69, 9.17) is 0 Å². The highest BCUT2D eigenvalue weighted by Gasteiger charge is 2.26. The first-order valence-corrected chi connectivity index (χ1v) is 5.44. The van der Waals surface area contributed by atoms with Crippen LogP contribution in [0.25, 0.3) is 16.7 Å². The standard InChI is InChI=1S/C15H10F2/c1-9-6-7-11-10-4-2-3-5-12(10)14(15(16)17)13(11)8-9/h2-8H,1H3. The molecule has 0 aromatic heterocycles. The summed E-state index contributed by atoms with van der Waals surface area (Å²) in [5.74, 6) is 0. The number of rotatable bonds is 0. The number of hydrogen-bond acceptors (Lipinski definition) is 0. The molecule has 0 aliphatic heterocycles. The van der Waals surface area contributed by atoms with Gasteiger partial charge in [-0.2, -0.15) is 8.78 Å². The SMILES string of the molecule is Cc1ccc2c(c1)C(=C(F)F)c1ccccc1-2. The largest absolute Gasteiger partial charge is 0.278 e. The zero-order chi connectivity index (χ0) is 12.0. The highest BCUT2D eigenvalue weighted by Crippen LogP contribution is 2.46. The van der Waals surface area contributed by atoms with Crippen molar-refractivity contribution in [1.82, 2.24) is 0 Å². The lowest BCUT2D eigenvalue weighted by molar-refractivity contribution is 0.426. The Kier molecular flexibility index (Phi) is 2.11. The van der Waals surface area contributed by atoms with Gasteiger partial charge in [-0.3, -0.25) is 0 Å². The van der Waals surface area contributed by atoms with Gasteiger partial charge in [0.2, 0.25) is 0 Å². The van der Waals surface area contributed by atoms with Crippen molar-refractivity contribution in [1.29, 1.82) is 0 Å². The molecule has 0 radical (unpaired) electrons. The molecule has 2 aromatic rings. The Morgan fingerprint density at radius 3 is 2.18 bits per heavy atom. The second-order valence-corrected chi connectivity index (χ2v) is 4.23. The zero-order valence-corrected chi connectivity index (χ0v) is 9.30. The summed E-state index contributed by atoms with van der Waals surface area (Å²) in [5.41, 5.74) is 4.15. The summed E-state index contributed by atoms with van der Waals surface area (Å²) in [4.78, 5) is 0. The summed E-state index contributed by atoms with van der Waals surface area (Å²) in [6, 6.07) is 13.0. The van der Waals surface area contributed by atoms with E-state index in [1.807, 2.05) is 37.3 Å². The Labute approximate surface area is 98.2 Å². The van der Waals surface area contributed by atoms with Crippen molar-refractivity contribution in [3.63, 3.8) is 0 Å². The third-order valence-electron chi connectivity index (χ3n) is 3.12. The van der Waals surface area contributed by atoms with Gasteiger partial charge in [-0.15, -0.1) is 0 Å². The lowest BCUT2D eigenvalue weighted by Gasteiger charge is -2.01. The highest BCUT2D eigenvalue weighted by molar-refractivity contribution is 6.01. The van der Waals surface area contributed by atoms with Crippen molar-refractivity contribution in [2.24, 2.45) is 0 Å². The molecule has 0 heterocycles. The van der Waals surface area contributed by atoms with E-state index in [9.17, 15) is 8.78 Å². The van der Waals surface area contributed by atoms with E-state index in [0.29, 0.717) is 11.1 Å². The van der Waals surface area contributed by atoms with Gasteiger partial charge < -0.3 is 0 Å². The van der Waals surface area contributed by atoms with E-state index in [2.05, 4.69) is 0 Å². The average molecular weight is 228 g/mol. The molecular formula is C15H10F2. The second kappa shape index (κ2) is 3.52. The molecule has 2 aromatic carbocycles. The first-order chi connectivity index (χ1) is 8.18. The minimum atomic E-state index is -1.61. The minimum absolute atomic E-state index is 0.0827. The van der Waals surface area contributed by atoms with Crippen molar-refractivity contribution < 1.29 is 8.78 Å². The minimum Gasteiger partial charge on any atom is -0.173 e. The number of halogens is 2. The lowest BCUT2D eigenvalue weighted by atomic mass is 10.0. The quantitative estimate of drug-likeness (QED) is 0.526. The van der Waals surface area contributed by atoms with Crippen molar-refractivity contribution in [3.8, 4) is 11.1 Å². The van der Waals surface area contributed by atoms with Crippen LogP contribution < -0.4 is 0 Å². The molecule has 0 N–H and O–H groups in total. The smallest absolute Gasteiger partial charge is 0.173 e. The zero-order valence-electron chi connectivity index (χ0n) is 9.30. The van der Waals surface area contributed by atoms with Crippen LogP contribution >= 0.6 is 0 Å². The van der Waals surface area contributed by atoms with E-state index in [1.165, 1.54) is 0 Å². The van der Waals surface area contributed by atoms with Crippen LogP contribution in [-0.2, 0) is 0 Å². The van der Waals surface area contributed by atoms with Gasteiger partial charge in [0.1, 0.15) is 0 Å². The van der Waals surface area contributed by atoms with Crippen LogP contribution in [0.2, 0.25) is 0 Å². The summed E-state index contributed by atoms with van der Waals surface area (Å²) in [6.45, 7) is 1.91. The Morgan fingerprint density at radius 2 is 1.47 bits per heavy atom. The number of fused-ring (bicyclic) bond motifs is 3. The third-order valence-corrected chi connectivity index (χ3v) is 3.12. The summed E-state index contributed by atoms with van der Waals surface area (Å²) in [7, 11) is 0. The molecule has 0 fully saturated rings. The van der Waals surface area contributed by atoms with Crippen LogP contribution in [0.5, 0.6) is 0 Å². The molecular weight excluding hydrogens is 218 g/mol. The van der Waals surface area contributed by atoms with Crippen LogP contribution in [0.15, 0.2) is 48.5 Å². The summed E-state index contributed by atoms with van der Waals surface area (Å²) in [5, 5.41) is 0. The summed E-state index contributed by atoms with van der Waals surface area (Å²) >= 11 is 0. The molecule has 0 nitrogen and oxygen atoms in total. The maximum atomic E-state index is 13.1. The molecule has 0 saturated carbocycles. The van der Waals surface area contributed by atoms with E-state index in [-0.39, 0.29) is 5.57 Å². The monoisotopic (exact) mass is 228 g/mol. The second-order valence-electron chi connectivity index (χ2n) is 4.23. The predicted molar refractivity (Wildman–Crippen MR) is 64.9 cm³/mol. The van der Waals surface area contributed by atoms with Gasteiger partial charge in [0, 0.05) is 0 Å². The van der Waals surface area contributed by atoms with Gasteiger partial charge >= 0.3 is 0 Å². The summed E-state index contributed by atoms with van der Waals surface area (Å²) in [6.07, 6.45) is -1.61. The Balaban J connectivity index is 2.42. The van der Waals surface area contributed by atoms with Crippen molar-refractivity contribution in [3.05, 3.63) is 65.2 Å². The molecule has 0 bridgehead atoms. The molecule has 0 amide bonds. The molecule has 84 valence electrons. The number of benzene rings is 2. The maximum absolute atomic E-state index is 13.1. The normalized spacial score (nSPS) is 12.3. The van der Waals surface area contributed by atoms with Crippen LogP contribution in [0, 0.1) is 6.92 Å². The van der Waals surface area contributed by atoms with Gasteiger partial charge in [0.05, 0.1) is 5.57 Å².